The summed E-state index contributed by atoms with van der Waals surface area (Å²) in [5.74, 6) is -0.480. The van der Waals surface area contributed by atoms with Crippen molar-refractivity contribution in [2.45, 2.75) is 37.0 Å². The summed E-state index contributed by atoms with van der Waals surface area (Å²) < 4.78 is 67.2. The van der Waals surface area contributed by atoms with Gasteiger partial charge in [0.1, 0.15) is 11.6 Å². The molecular weight excluding hydrogens is 583 g/mol. The Hall–Kier alpha value is -3.33. The van der Waals surface area contributed by atoms with Crippen LogP contribution in [0.4, 0.5) is 19.0 Å². The molecule has 0 radical (unpaired) electrons. The molecule has 43 heavy (non-hydrogen) atoms. The molecule has 2 aliphatic heterocycles. The van der Waals surface area contributed by atoms with Gasteiger partial charge in [-0.3, -0.25) is 9.69 Å². The van der Waals surface area contributed by atoms with E-state index in [1.807, 2.05) is 38.4 Å². The molecule has 3 heterocycles. The minimum absolute atomic E-state index is 0.0175. The van der Waals surface area contributed by atoms with E-state index in [2.05, 4.69) is 15.1 Å². The van der Waals surface area contributed by atoms with Crippen molar-refractivity contribution < 1.29 is 26.4 Å². The van der Waals surface area contributed by atoms with Gasteiger partial charge in [0.05, 0.1) is 17.0 Å². The Bertz CT molecular complexity index is 1580. The lowest BCUT2D eigenvalue weighted by Gasteiger charge is -2.34. The van der Waals surface area contributed by atoms with Crippen molar-refractivity contribution in [3.8, 4) is 0 Å². The van der Waals surface area contributed by atoms with E-state index < -0.39 is 22.1 Å². The maximum absolute atomic E-state index is 13.5. The molecule has 1 fully saturated rings. The molecule has 2 aromatic carbocycles. The lowest BCUT2D eigenvalue weighted by Crippen LogP contribution is -2.48. The summed E-state index contributed by atoms with van der Waals surface area (Å²) in [5, 5.41) is 4.39. The molecule has 0 unspecified atom stereocenters. The number of rotatable bonds is 9. The Kier molecular flexibility index (Phi) is 9.20. The van der Waals surface area contributed by atoms with E-state index in [9.17, 15) is 26.4 Å². The molecule has 1 aromatic heterocycles. The molecule has 3 aromatic rings. The first-order valence-electron chi connectivity index (χ1n) is 14.3. The molecule has 1 saturated heterocycles. The Balaban J connectivity index is 1.23. The van der Waals surface area contributed by atoms with Crippen molar-refractivity contribution in [2.24, 2.45) is 0 Å². The van der Waals surface area contributed by atoms with Gasteiger partial charge in [0, 0.05) is 51.2 Å². The fraction of sp³-hybridized carbons (Fsp3) is 0.483. The highest BCUT2D eigenvalue weighted by molar-refractivity contribution is 7.89. The Morgan fingerprint density at radius 3 is 2.47 bits per heavy atom. The quantitative estimate of drug-likeness (QED) is 0.365. The minimum Gasteiger partial charge on any atom is -0.369 e. The average Bonchev–Trinajstić information content (AvgIpc) is 2.98. The van der Waals surface area contributed by atoms with Gasteiger partial charge in [-0.05, 0) is 68.9 Å². The van der Waals surface area contributed by atoms with Crippen molar-refractivity contribution in [3.63, 3.8) is 0 Å². The first kappa shape index (κ1) is 31.1. The molecular formula is C29H36F3N7O3S. The van der Waals surface area contributed by atoms with Gasteiger partial charge in [-0.15, -0.1) is 0 Å². The smallest absolute Gasteiger partial charge is 0.369 e. The standard InChI is InChI=1S/C29H36F3N7O3S/c1-36(2)12-5-11-33-27-24-6-3-4-7-25(24)34-26(35-27)20-37-14-16-39(17-15-37)43(41,42)23-9-8-21-10-13-38(19-22(21)18-23)28(40)29(30,31)32/h3-4,6-9,18H,5,10-17,19-20H2,1-2H3,(H,33,34,35). The van der Waals surface area contributed by atoms with Crippen molar-refractivity contribution in [1.29, 1.82) is 0 Å². The van der Waals surface area contributed by atoms with Crippen LogP contribution in [-0.4, -0.2) is 109 Å². The second kappa shape index (κ2) is 12.7. The van der Waals surface area contributed by atoms with E-state index in [0.29, 0.717) is 31.0 Å². The second-order valence-corrected chi connectivity index (χ2v) is 13.1. The van der Waals surface area contributed by atoms with Crippen LogP contribution >= 0.6 is 0 Å². The van der Waals surface area contributed by atoms with Gasteiger partial charge in [0.25, 0.3) is 0 Å². The molecule has 14 heteroatoms. The fourth-order valence-corrected chi connectivity index (χ4v) is 6.93. The number of hydrogen-bond donors (Lipinski definition) is 1. The van der Waals surface area contributed by atoms with Gasteiger partial charge >= 0.3 is 12.1 Å². The van der Waals surface area contributed by atoms with Crippen LogP contribution in [0.1, 0.15) is 23.4 Å². The van der Waals surface area contributed by atoms with Crippen LogP contribution in [0.25, 0.3) is 10.9 Å². The van der Waals surface area contributed by atoms with Gasteiger partial charge < -0.3 is 15.1 Å². The molecule has 1 N–H and O–H groups in total. The Labute approximate surface area is 249 Å². The molecule has 0 aliphatic carbocycles. The molecule has 10 nitrogen and oxygen atoms in total. The highest BCUT2D eigenvalue weighted by Gasteiger charge is 2.43. The number of hydrogen-bond acceptors (Lipinski definition) is 8. The molecule has 0 spiro atoms. The van der Waals surface area contributed by atoms with Crippen LogP contribution in [0.15, 0.2) is 47.4 Å². The number of fused-ring (bicyclic) bond motifs is 2. The van der Waals surface area contributed by atoms with Crippen LogP contribution in [0.2, 0.25) is 0 Å². The number of halogens is 3. The van der Waals surface area contributed by atoms with Gasteiger partial charge in [-0.25, -0.2) is 18.4 Å². The third-order valence-electron chi connectivity index (χ3n) is 7.78. The second-order valence-electron chi connectivity index (χ2n) is 11.2. The van der Waals surface area contributed by atoms with Crippen LogP contribution in [0, 0.1) is 0 Å². The van der Waals surface area contributed by atoms with Gasteiger partial charge in [0.15, 0.2) is 0 Å². The van der Waals surface area contributed by atoms with Gasteiger partial charge in [-0.1, -0.05) is 18.2 Å². The highest BCUT2D eigenvalue weighted by atomic mass is 32.2. The summed E-state index contributed by atoms with van der Waals surface area (Å²) in [4.78, 5) is 26.3. The molecule has 5 rings (SSSR count). The minimum atomic E-state index is -4.97. The lowest BCUT2D eigenvalue weighted by atomic mass is 10.00. The number of sulfonamides is 1. The third-order valence-corrected chi connectivity index (χ3v) is 9.67. The van der Waals surface area contributed by atoms with E-state index in [-0.39, 0.29) is 37.5 Å². The number of anilines is 1. The molecule has 232 valence electrons. The zero-order chi connectivity index (χ0) is 30.8. The topological polar surface area (TPSA) is 102 Å². The zero-order valence-corrected chi connectivity index (χ0v) is 25.1. The Morgan fingerprint density at radius 1 is 1.00 bits per heavy atom. The summed E-state index contributed by atoms with van der Waals surface area (Å²) >= 11 is 0. The largest absolute Gasteiger partial charge is 0.471 e. The van der Waals surface area contributed by atoms with Crippen molar-refractivity contribution >= 4 is 32.7 Å². The number of carbonyl (C=O) groups is 1. The van der Waals surface area contributed by atoms with E-state index in [0.717, 1.165) is 46.7 Å². The number of aromatic nitrogens is 2. The summed E-state index contributed by atoms with van der Waals surface area (Å²) in [5.41, 5.74) is 2.01. The monoisotopic (exact) mass is 619 g/mol. The van der Waals surface area contributed by atoms with E-state index in [4.69, 9.17) is 9.97 Å². The molecule has 0 bridgehead atoms. The predicted molar refractivity (Wildman–Crippen MR) is 157 cm³/mol. The average molecular weight is 620 g/mol. The number of amides is 1. The summed E-state index contributed by atoms with van der Waals surface area (Å²) in [6, 6.07) is 12.4. The fourth-order valence-electron chi connectivity index (χ4n) is 5.46. The van der Waals surface area contributed by atoms with Gasteiger partial charge in [0.2, 0.25) is 10.0 Å². The predicted octanol–water partition coefficient (Wildman–Crippen LogP) is 2.95. The number of benzene rings is 2. The first-order valence-corrected chi connectivity index (χ1v) is 15.7. The number of nitrogens with one attached hydrogen (secondary N) is 1. The zero-order valence-electron chi connectivity index (χ0n) is 24.3. The van der Waals surface area contributed by atoms with E-state index in [1.54, 1.807) is 6.07 Å². The molecule has 0 atom stereocenters. The van der Waals surface area contributed by atoms with Crippen LogP contribution in [-0.2, 0) is 34.3 Å². The van der Waals surface area contributed by atoms with Crippen molar-refractivity contribution in [1.82, 2.24) is 29.0 Å². The van der Waals surface area contributed by atoms with E-state index in [1.165, 1.54) is 16.4 Å². The Morgan fingerprint density at radius 2 is 1.74 bits per heavy atom. The number of alkyl halides is 3. The molecule has 1 amide bonds. The maximum Gasteiger partial charge on any atom is 0.471 e. The summed E-state index contributed by atoms with van der Waals surface area (Å²) in [6.45, 7) is 3.30. The molecule has 0 saturated carbocycles. The summed E-state index contributed by atoms with van der Waals surface area (Å²) in [7, 11) is 0.196. The van der Waals surface area contributed by atoms with E-state index >= 15 is 0 Å². The number of piperazine rings is 1. The van der Waals surface area contributed by atoms with Crippen LogP contribution in [0.3, 0.4) is 0 Å². The number of para-hydroxylation sites is 1. The maximum atomic E-state index is 13.5. The van der Waals surface area contributed by atoms with Crippen molar-refractivity contribution in [2.75, 3.05) is 65.2 Å². The number of carbonyl (C=O) groups excluding carboxylic acids is 1. The number of nitrogens with zero attached hydrogens (tertiary/aromatic N) is 6. The highest BCUT2D eigenvalue weighted by Crippen LogP contribution is 2.28. The first-order chi connectivity index (χ1) is 20.4. The normalized spacial score (nSPS) is 16.9. The van der Waals surface area contributed by atoms with Gasteiger partial charge in [-0.2, -0.15) is 17.5 Å². The summed E-state index contributed by atoms with van der Waals surface area (Å²) in [6.07, 6.45) is -3.77. The lowest BCUT2D eigenvalue weighted by molar-refractivity contribution is -0.186. The SMILES string of the molecule is CN(C)CCCNc1nc(CN2CCN(S(=O)(=O)c3ccc4c(c3)CN(C(=O)C(F)(F)F)CC4)CC2)nc2ccccc12. The van der Waals surface area contributed by atoms with Crippen LogP contribution < -0.4 is 5.32 Å². The third kappa shape index (κ3) is 7.25. The molecule has 2 aliphatic rings. The van der Waals surface area contributed by atoms with Crippen molar-refractivity contribution in [3.05, 3.63) is 59.4 Å². The van der Waals surface area contributed by atoms with Crippen LogP contribution in [0.5, 0.6) is 0 Å².